The van der Waals surface area contributed by atoms with Crippen LogP contribution in [0.3, 0.4) is 0 Å². The Hall–Kier alpha value is -1.00. The van der Waals surface area contributed by atoms with Gasteiger partial charge in [-0.25, -0.2) is 8.78 Å². The topological polar surface area (TPSA) is 6.48 Å². The van der Waals surface area contributed by atoms with Crippen molar-refractivity contribution in [2.75, 3.05) is 19.6 Å². The molecule has 1 aromatic carbocycles. The highest BCUT2D eigenvalue weighted by molar-refractivity contribution is 5.20. The molecule has 2 heterocycles. The molecule has 0 amide bonds. The highest BCUT2D eigenvalue weighted by Gasteiger charge is 2.43. The third-order valence-electron chi connectivity index (χ3n) is 6.46. The summed E-state index contributed by atoms with van der Waals surface area (Å²) in [4.78, 5) is 5.04. The van der Waals surface area contributed by atoms with Crippen LogP contribution in [0.15, 0.2) is 18.2 Å². The third kappa shape index (κ3) is 3.11. The molecule has 0 aromatic heterocycles. The Morgan fingerprint density at radius 3 is 2.38 bits per heavy atom. The van der Waals surface area contributed by atoms with Crippen LogP contribution >= 0.6 is 0 Å². The summed E-state index contributed by atoms with van der Waals surface area (Å²) in [7, 11) is 0. The van der Waals surface area contributed by atoms with Gasteiger partial charge in [0.15, 0.2) is 0 Å². The Morgan fingerprint density at radius 2 is 1.62 bits per heavy atom. The second kappa shape index (κ2) is 7.09. The molecular formula is C20H28F2N2. The lowest BCUT2D eigenvalue weighted by Crippen LogP contribution is -2.59. The first kappa shape index (κ1) is 16.5. The molecule has 3 aliphatic rings. The van der Waals surface area contributed by atoms with Crippen molar-refractivity contribution in [2.24, 2.45) is 5.92 Å². The zero-order valence-electron chi connectivity index (χ0n) is 14.4. The maximum absolute atomic E-state index is 14.2. The van der Waals surface area contributed by atoms with Gasteiger partial charge in [0.25, 0.3) is 0 Å². The smallest absolute Gasteiger partial charge is 0.130 e. The standard InChI is InChI=1S/C20H28F2N2/c21-17-8-4-9-18(22)16(17)14-24-13-12-23-11-5-10-19(23)20(24)15-6-2-1-3-7-15/h4,8-9,15,19-20H,1-3,5-7,10-14H2. The lowest BCUT2D eigenvalue weighted by molar-refractivity contribution is -0.00486. The molecule has 2 nitrogen and oxygen atoms in total. The number of benzene rings is 1. The van der Waals surface area contributed by atoms with Crippen molar-refractivity contribution in [2.45, 2.75) is 63.6 Å². The van der Waals surface area contributed by atoms with Crippen LogP contribution in [0.25, 0.3) is 0 Å². The van der Waals surface area contributed by atoms with Gasteiger partial charge >= 0.3 is 0 Å². The lowest BCUT2D eigenvalue weighted by atomic mass is 9.78. The summed E-state index contributed by atoms with van der Waals surface area (Å²) < 4.78 is 28.3. The van der Waals surface area contributed by atoms with E-state index >= 15 is 0 Å². The third-order valence-corrected chi connectivity index (χ3v) is 6.46. The van der Waals surface area contributed by atoms with Crippen molar-refractivity contribution in [1.82, 2.24) is 9.80 Å². The Morgan fingerprint density at radius 1 is 0.875 bits per heavy atom. The van der Waals surface area contributed by atoms with E-state index in [1.165, 1.54) is 69.7 Å². The summed E-state index contributed by atoms with van der Waals surface area (Å²) in [5, 5.41) is 0. The first-order valence-corrected chi connectivity index (χ1v) is 9.65. The van der Waals surface area contributed by atoms with Gasteiger partial charge in [0.05, 0.1) is 0 Å². The summed E-state index contributed by atoms with van der Waals surface area (Å²) in [6.07, 6.45) is 9.06. The van der Waals surface area contributed by atoms with Gasteiger partial charge in [-0.05, 0) is 50.3 Å². The van der Waals surface area contributed by atoms with Crippen LogP contribution < -0.4 is 0 Å². The maximum Gasteiger partial charge on any atom is 0.130 e. The predicted octanol–water partition coefficient (Wildman–Crippen LogP) is 4.19. The summed E-state index contributed by atoms with van der Waals surface area (Å²) >= 11 is 0. The normalized spacial score (nSPS) is 29.8. The fourth-order valence-corrected chi connectivity index (χ4v) is 5.32. The van der Waals surface area contributed by atoms with E-state index in [0.717, 1.165) is 13.1 Å². The van der Waals surface area contributed by atoms with Crippen LogP contribution in [-0.2, 0) is 6.54 Å². The Kier molecular flexibility index (Phi) is 4.86. The van der Waals surface area contributed by atoms with Crippen LogP contribution in [0.2, 0.25) is 0 Å². The van der Waals surface area contributed by atoms with Gasteiger partial charge in [0, 0.05) is 37.3 Å². The molecule has 4 rings (SSSR count). The molecular weight excluding hydrogens is 306 g/mol. The molecule has 0 spiro atoms. The Balaban J connectivity index is 1.59. The van der Waals surface area contributed by atoms with E-state index in [1.807, 2.05) is 0 Å². The van der Waals surface area contributed by atoms with E-state index in [4.69, 9.17) is 0 Å². The SMILES string of the molecule is Fc1cccc(F)c1CN1CCN2CCCC2C1C1CCCCC1. The van der Waals surface area contributed by atoms with Crippen LogP contribution in [0, 0.1) is 17.6 Å². The molecule has 2 aliphatic heterocycles. The number of hydrogen-bond donors (Lipinski definition) is 0. The van der Waals surface area contributed by atoms with Gasteiger partial charge in [-0.2, -0.15) is 0 Å². The highest BCUT2D eigenvalue weighted by Crippen LogP contribution is 2.38. The first-order chi connectivity index (χ1) is 11.7. The van der Waals surface area contributed by atoms with Crippen molar-refractivity contribution >= 4 is 0 Å². The fourth-order valence-electron chi connectivity index (χ4n) is 5.32. The van der Waals surface area contributed by atoms with Crippen LogP contribution in [0.1, 0.15) is 50.5 Å². The molecule has 1 aliphatic carbocycles. The highest BCUT2D eigenvalue weighted by atomic mass is 19.1. The van der Waals surface area contributed by atoms with Crippen molar-refractivity contribution in [3.63, 3.8) is 0 Å². The maximum atomic E-state index is 14.2. The lowest BCUT2D eigenvalue weighted by Gasteiger charge is -2.49. The van der Waals surface area contributed by atoms with Crippen molar-refractivity contribution in [3.05, 3.63) is 35.4 Å². The number of hydrogen-bond acceptors (Lipinski definition) is 2. The Labute approximate surface area is 143 Å². The molecule has 2 unspecified atom stereocenters. The van der Waals surface area contributed by atoms with E-state index in [0.29, 0.717) is 24.5 Å². The molecule has 0 radical (unpaired) electrons. The number of rotatable bonds is 3. The number of piperazine rings is 1. The summed E-state index contributed by atoms with van der Waals surface area (Å²) in [6, 6.07) is 5.30. The van der Waals surface area contributed by atoms with E-state index in [1.54, 1.807) is 0 Å². The van der Waals surface area contributed by atoms with Gasteiger partial charge in [0.2, 0.25) is 0 Å². The molecule has 2 saturated heterocycles. The average Bonchev–Trinajstić information content (AvgIpc) is 3.07. The predicted molar refractivity (Wildman–Crippen MR) is 91.7 cm³/mol. The summed E-state index contributed by atoms with van der Waals surface area (Å²) in [5.41, 5.74) is 0.254. The molecule has 0 N–H and O–H groups in total. The molecule has 1 saturated carbocycles. The van der Waals surface area contributed by atoms with E-state index in [9.17, 15) is 8.78 Å². The van der Waals surface area contributed by atoms with Crippen LogP contribution in [-0.4, -0.2) is 41.5 Å². The molecule has 24 heavy (non-hydrogen) atoms. The zero-order valence-corrected chi connectivity index (χ0v) is 14.4. The van der Waals surface area contributed by atoms with E-state index in [2.05, 4.69) is 9.80 Å². The number of fused-ring (bicyclic) bond motifs is 1. The molecule has 1 aromatic rings. The minimum absolute atomic E-state index is 0.254. The molecule has 132 valence electrons. The molecule has 2 atom stereocenters. The summed E-state index contributed by atoms with van der Waals surface area (Å²) in [6.45, 7) is 3.61. The second-order valence-electron chi connectivity index (χ2n) is 7.80. The largest absolute Gasteiger partial charge is 0.298 e. The number of halogens is 2. The van der Waals surface area contributed by atoms with Crippen LogP contribution in [0.5, 0.6) is 0 Å². The first-order valence-electron chi connectivity index (χ1n) is 9.65. The van der Waals surface area contributed by atoms with E-state index < -0.39 is 11.6 Å². The van der Waals surface area contributed by atoms with Crippen LogP contribution in [0.4, 0.5) is 8.78 Å². The van der Waals surface area contributed by atoms with Gasteiger partial charge in [-0.3, -0.25) is 9.80 Å². The fraction of sp³-hybridized carbons (Fsp3) is 0.700. The van der Waals surface area contributed by atoms with Gasteiger partial charge in [0.1, 0.15) is 11.6 Å². The second-order valence-corrected chi connectivity index (χ2v) is 7.80. The van der Waals surface area contributed by atoms with Crippen molar-refractivity contribution in [3.8, 4) is 0 Å². The monoisotopic (exact) mass is 334 g/mol. The average molecular weight is 334 g/mol. The minimum atomic E-state index is -0.397. The Bertz CT molecular complexity index is 551. The van der Waals surface area contributed by atoms with Gasteiger partial charge in [-0.1, -0.05) is 25.3 Å². The minimum Gasteiger partial charge on any atom is -0.298 e. The van der Waals surface area contributed by atoms with Gasteiger partial charge in [-0.15, -0.1) is 0 Å². The molecule has 0 bridgehead atoms. The molecule has 4 heteroatoms. The van der Waals surface area contributed by atoms with Gasteiger partial charge < -0.3 is 0 Å². The quantitative estimate of drug-likeness (QED) is 0.818. The van der Waals surface area contributed by atoms with E-state index in [-0.39, 0.29) is 5.56 Å². The number of nitrogens with zero attached hydrogens (tertiary/aromatic N) is 2. The summed E-state index contributed by atoms with van der Waals surface area (Å²) in [5.74, 6) is -0.100. The zero-order chi connectivity index (χ0) is 16.5. The van der Waals surface area contributed by atoms with Crippen molar-refractivity contribution < 1.29 is 8.78 Å². The van der Waals surface area contributed by atoms with Crippen molar-refractivity contribution in [1.29, 1.82) is 0 Å². The molecule has 3 fully saturated rings.